The largest absolute Gasteiger partial charge is 0.497 e. The molecule has 29 heavy (non-hydrogen) atoms. The van der Waals surface area contributed by atoms with E-state index in [1.165, 1.54) is 24.8 Å². The van der Waals surface area contributed by atoms with Crippen LogP contribution in [0.5, 0.6) is 5.75 Å². The highest BCUT2D eigenvalue weighted by molar-refractivity contribution is 5.79. The molecule has 4 heteroatoms. The molecule has 1 atom stereocenters. The minimum atomic E-state index is 0.317. The van der Waals surface area contributed by atoms with Crippen LogP contribution in [0, 0.1) is 11.8 Å². The normalized spacial score (nSPS) is 20.1. The molecule has 2 aliphatic rings. The summed E-state index contributed by atoms with van der Waals surface area (Å²) in [4.78, 5) is 17.6. The van der Waals surface area contributed by atoms with Gasteiger partial charge in [-0.25, -0.2) is 0 Å². The summed E-state index contributed by atoms with van der Waals surface area (Å²) in [6.07, 6.45) is 9.41. The van der Waals surface area contributed by atoms with E-state index in [-0.39, 0.29) is 0 Å². The summed E-state index contributed by atoms with van der Waals surface area (Å²) in [7, 11) is 1.71. The summed E-state index contributed by atoms with van der Waals surface area (Å²) >= 11 is 0. The van der Waals surface area contributed by atoms with Crippen LogP contribution in [-0.2, 0) is 11.2 Å². The summed E-state index contributed by atoms with van der Waals surface area (Å²) in [5, 5.41) is 0. The maximum absolute atomic E-state index is 12.8. The molecule has 1 saturated carbocycles. The molecule has 0 N–H and O–H groups in total. The Morgan fingerprint density at radius 1 is 1.10 bits per heavy atom. The zero-order chi connectivity index (χ0) is 20.6. The predicted octanol–water partition coefficient (Wildman–Crippen LogP) is 4.77. The quantitative estimate of drug-likeness (QED) is 0.630. The highest BCUT2D eigenvalue weighted by Crippen LogP contribution is 2.28. The molecule has 0 spiro atoms. The number of hydrogen-bond acceptors (Lipinski definition) is 3. The van der Waals surface area contributed by atoms with Gasteiger partial charge in [-0.3, -0.25) is 4.79 Å². The summed E-state index contributed by atoms with van der Waals surface area (Å²) in [6, 6.07) is 8.99. The smallest absolute Gasteiger partial charge is 0.225 e. The van der Waals surface area contributed by atoms with E-state index in [2.05, 4.69) is 47.9 Å². The van der Waals surface area contributed by atoms with Gasteiger partial charge in [-0.1, -0.05) is 38.3 Å². The van der Waals surface area contributed by atoms with Crippen LogP contribution in [0.25, 0.3) is 0 Å². The van der Waals surface area contributed by atoms with Crippen molar-refractivity contribution in [1.82, 2.24) is 9.80 Å². The van der Waals surface area contributed by atoms with Crippen LogP contribution in [0.4, 0.5) is 0 Å². The number of ether oxygens (including phenoxy) is 1. The van der Waals surface area contributed by atoms with Crippen LogP contribution in [0.2, 0.25) is 0 Å². The fourth-order valence-electron chi connectivity index (χ4n) is 5.13. The Hall–Kier alpha value is -1.55. The molecule has 3 rings (SSSR count). The molecule has 1 aromatic rings. The Bertz CT molecular complexity index is 616. The average Bonchev–Trinajstić information content (AvgIpc) is 2.78. The minimum Gasteiger partial charge on any atom is -0.497 e. The van der Waals surface area contributed by atoms with Crippen LogP contribution in [-0.4, -0.2) is 55.0 Å². The fraction of sp³-hybridized carbons (Fsp3) is 0.720. The van der Waals surface area contributed by atoms with E-state index in [4.69, 9.17) is 4.74 Å². The standard InChI is InChI=1S/C25H40N2O2/c1-4-26(20(2)18-21-10-12-24(29-3)13-11-21)19-22-14-16-27(17-15-22)25(28)23-8-6-5-7-9-23/h10-13,20,22-23H,4-9,14-19H2,1-3H3. The second-order valence-electron chi connectivity index (χ2n) is 9.09. The summed E-state index contributed by atoms with van der Waals surface area (Å²) in [5.74, 6) is 2.40. The first-order valence-corrected chi connectivity index (χ1v) is 11.8. The molecule has 162 valence electrons. The van der Waals surface area contributed by atoms with Gasteiger partial charge in [0.05, 0.1) is 7.11 Å². The molecule has 1 heterocycles. The van der Waals surface area contributed by atoms with E-state index in [9.17, 15) is 4.79 Å². The average molecular weight is 401 g/mol. The zero-order valence-corrected chi connectivity index (χ0v) is 18.7. The number of amides is 1. The van der Waals surface area contributed by atoms with Gasteiger partial charge in [0.25, 0.3) is 0 Å². The number of carbonyl (C=O) groups excluding carboxylic acids is 1. The molecule has 1 saturated heterocycles. The molecule has 2 fully saturated rings. The van der Waals surface area contributed by atoms with Crippen molar-refractivity contribution in [3.8, 4) is 5.75 Å². The lowest BCUT2D eigenvalue weighted by atomic mass is 9.87. The highest BCUT2D eigenvalue weighted by Gasteiger charge is 2.30. The van der Waals surface area contributed by atoms with Crippen molar-refractivity contribution in [1.29, 1.82) is 0 Å². The number of piperidine rings is 1. The summed E-state index contributed by atoms with van der Waals surface area (Å²) in [6.45, 7) is 8.77. The predicted molar refractivity (Wildman–Crippen MR) is 119 cm³/mol. The first-order valence-electron chi connectivity index (χ1n) is 11.8. The van der Waals surface area contributed by atoms with Gasteiger partial charge in [0.2, 0.25) is 5.91 Å². The zero-order valence-electron chi connectivity index (χ0n) is 18.7. The number of nitrogens with zero attached hydrogens (tertiary/aromatic N) is 2. The third-order valence-corrected chi connectivity index (χ3v) is 7.09. The van der Waals surface area contributed by atoms with E-state index >= 15 is 0 Å². The van der Waals surface area contributed by atoms with Crippen molar-refractivity contribution in [3.05, 3.63) is 29.8 Å². The first kappa shape index (κ1) is 22.1. The second-order valence-corrected chi connectivity index (χ2v) is 9.09. The molecular formula is C25H40N2O2. The van der Waals surface area contributed by atoms with E-state index < -0.39 is 0 Å². The number of methoxy groups -OCH3 is 1. The minimum absolute atomic E-state index is 0.317. The van der Waals surface area contributed by atoms with Crippen LogP contribution in [0.1, 0.15) is 64.4 Å². The third kappa shape index (κ3) is 6.21. The number of carbonyl (C=O) groups is 1. The lowest BCUT2D eigenvalue weighted by Crippen LogP contribution is -2.45. The summed E-state index contributed by atoms with van der Waals surface area (Å²) < 4.78 is 5.27. The Kier molecular flexibility index (Phi) is 8.40. The Labute approximate surface area is 177 Å². The van der Waals surface area contributed by atoms with Gasteiger partial charge in [-0.2, -0.15) is 0 Å². The monoisotopic (exact) mass is 400 g/mol. The number of hydrogen-bond donors (Lipinski definition) is 0. The molecule has 4 nitrogen and oxygen atoms in total. The van der Waals surface area contributed by atoms with Gasteiger partial charge >= 0.3 is 0 Å². The van der Waals surface area contributed by atoms with Crippen LogP contribution < -0.4 is 4.74 Å². The van der Waals surface area contributed by atoms with Crippen molar-refractivity contribution >= 4 is 5.91 Å². The van der Waals surface area contributed by atoms with Crippen molar-refractivity contribution in [2.75, 3.05) is 33.3 Å². The highest BCUT2D eigenvalue weighted by atomic mass is 16.5. The van der Waals surface area contributed by atoms with Gasteiger partial charge in [0, 0.05) is 31.6 Å². The topological polar surface area (TPSA) is 32.8 Å². The lowest BCUT2D eigenvalue weighted by molar-refractivity contribution is -0.138. The van der Waals surface area contributed by atoms with Crippen molar-refractivity contribution in [3.63, 3.8) is 0 Å². The second kappa shape index (κ2) is 11.0. The molecule has 1 aliphatic carbocycles. The number of likely N-dealkylation sites (tertiary alicyclic amines) is 1. The van der Waals surface area contributed by atoms with Gasteiger partial charge < -0.3 is 14.5 Å². The molecular weight excluding hydrogens is 360 g/mol. The van der Waals surface area contributed by atoms with Gasteiger partial charge in [0.15, 0.2) is 0 Å². The van der Waals surface area contributed by atoms with Crippen molar-refractivity contribution in [2.24, 2.45) is 11.8 Å². The number of likely N-dealkylation sites (N-methyl/N-ethyl adjacent to an activating group) is 1. The van der Waals surface area contributed by atoms with Crippen molar-refractivity contribution < 1.29 is 9.53 Å². The Balaban J connectivity index is 1.45. The van der Waals surface area contributed by atoms with E-state index in [1.807, 2.05) is 0 Å². The van der Waals surface area contributed by atoms with Gasteiger partial charge in [-0.15, -0.1) is 0 Å². The molecule has 0 aromatic heterocycles. The Morgan fingerprint density at radius 2 is 1.76 bits per heavy atom. The molecule has 0 radical (unpaired) electrons. The third-order valence-electron chi connectivity index (χ3n) is 7.09. The molecule has 1 aromatic carbocycles. The maximum Gasteiger partial charge on any atom is 0.225 e. The van der Waals surface area contributed by atoms with E-state index in [0.717, 1.165) is 64.0 Å². The van der Waals surface area contributed by atoms with Crippen molar-refractivity contribution in [2.45, 2.75) is 71.3 Å². The lowest BCUT2D eigenvalue weighted by Gasteiger charge is -2.38. The van der Waals surface area contributed by atoms with Gasteiger partial charge in [-0.05, 0) is 69.2 Å². The molecule has 1 amide bonds. The summed E-state index contributed by atoms with van der Waals surface area (Å²) in [5.41, 5.74) is 1.37. The first-order chi connectivity index (χ1) is 14.1. The van der Waals surface area contributed by atoms with E-state index in [1.54, 1.807) is 7.11 Å². The molecule has 1 unspecified atom stereocenters. The van der Waals surface area contributed by atoms with Gasteiger partial charge in [0.1, 0.15) is 5.75 Å². The molecule has 0 bridgehead atoms. The molecule has 1 aliphatic heterocycles. The fourth-order valence-corrected chi connectivity index (χ4v) is 5.13. The van der Waals surface area contributed by atoms with E-state index in [0.29, 0.717) is 23.8 Å². The van der Waals surface area contributed by atoms with Crippen LogP contribution >= 0.6 is 0 Å². The van der Waals surface area contributed by atoms with Crippen LogP contribution in [0.15, 0.2) is 24.3 Å². The number of rotatable bonds is 8. The SMILES string of the molecule is CCN(CC1CCN(C(=O)C2CCCCC2)CC1)C(C)Cc1ccc(OC)cc1. The number of benzene rings is 1. The van der Waals surface area contributed by atoms with Crippen LogP contribution in [0.3, 0.4) is 0 Å². The Morgan fingerprint density at radius 3 is 2.34 bits per heavy atom. The maximum atomic E-state index is 12.8.